The zero-order chi connectivity index (χ0) is 22.8. The molecule has 0 atom stereocenters. The zero-order valence-corrected chi connectivity index (χ0v) is 17.8. The summed E-state index contributed by atoms with van der Waals surface area (Å²) in [4.78, 5) is 28.1. The second kappa shape index (κ2) is 8.55. The Balaban J connectivity index is 1.82. The Bertz CT molecular complexity index is 1200. The number of hydrogen-bond donors (Lipinski definition) is 1. The molecule has 0 saturated carbocycles. The van der Waals surface area contributed by atoms with E-state index in [1.807, 2.05) is 19.1 Å². The molecule has 1 heterocycles. The molecule has 0 radical (unpaired) electrons. The maximum absolute atomic E-state index is 13.5. The third-order valence-corrected chi connectivity index (χ3v) is 5.13. The van der Waals surface area contributed by atoms with Crippen LogP contribution in [0.2, 0.25) is 0 Å². The monoisotopic (exact) mass is 432 g/mol. The highest BCUT2D eigenvalue weighted by atomic mass is 19.1. The zero-order valence-electron chi connectivity index (χ0n) is 17.8. The molecule has 0 aromatic heterocycles. The van der Waals surface area contributed by atoms with Gasteiger partial charge in [-0.25, -0.2) is 9.29 Å². The number of anilines is 2. The highest BCUT2D eigenvalue weighted by Crippen LogP contribution is 2.37. The maximum Gasteiger partial charge on any atom is 0.282 e. The van der Waals surface area contributed by atoms with Crippen LogP contribution in [0.1, 0.15) is 11.1 Å². The summed E-state index contributed by atoms with van der Waals surface area (Å²) in [5, 5.41) is 3.01. The van der Waals surface area contributed by atoms with E-state index in [2.05, 4.69) is 5.32 Å². The van der Waals surface area contributed by atoms with E-state index in [1.54, 1.807) is 30.3 Å². The fourth-order valence-electron chi connectivity index (χ4n) is 3.47. The summed E-state index contributed by atoms with van der Waals surface area (Å²) in [6.07, 6.45) is 0. The van der Waals surface area contributed by atoms with E-state index in [4.69, 9.17) is 9.47 Å². The molecule has 0 bridgehead atoms. The number of nitrogens with one attached hydrogen (secondary N) is 1. The summed E-state index contributed by atoms with van der Waals surface area (Å²) in [5.74, 6) is -0.542. The normalized spacial score (nSPS) is 13.6. The molecule has 162 valence electrons. The first-order valence-electron chi connectivity index (χ1n) is 9.87. The first-order chi connectivity index (χ1) is 15.4. The van der Waals surface area contributed by atoms with Gasteiger partial charge in [-0.2, -0.15) is 0 Å². The molecule has 7 heteroatoms. The molecule has 6 nitrogen and oxygen atoms in total. The molecule has 3 aromatic rings. The molecule has 0 saturated heterocycles. The number of aryl methyl sites for hydroxylation is 1. The van der Waals surface area contributed by atoms with Gasteiger partial charge in [0.25, 0.3) is 11.8 Å². The van der Waals surface area contributed by atoms with Crippen molar-refractivity contribution in [3.05, 3.63) is 89.4 Å². The Morgan fingerprint density at radius 3 is 1.97 bits per heavy atom. The highest BCUT2D eigenvalue weighted by molar-refractivity contribution is 6.46. The quantitative estimate of drug-likeness (QED) is 0.579. The Hall–Kier alpha value is -4.13. The Labute approximate surface area is 184 Å². The van der Waals surface area contributed by atoms with Crippen LogP contribution in [0.3, 0.4) is 0 Å². The van der Waals surface area contributed by atoms with Crippen LogP contribution in [0.4, 0.5) is 15.8 Å². The van der Waals surface area contributed by atoms with Crippen LogP contribution in [0.15, 0.2) is 72.4 Å². The van der Waals surface area contributed by atoms with Crippen LogP contribution in [0.25, 0.3) is 5.57 Å². The number of ether oxygens (including phenoxy) is 2. The number of nitrogens with zero attached hydrogens (tertiary/aromatic N) is 1. The predicted molar refractivity (Wildman–Crippen MR) is 120 cm³/mol. The van der Waals surface area contributed by atoms with Gasteiger partial charge in [-0.05, 0) is 36.8 Å². The molecule has 1 aliphatic rings. The molecule has 0 spiro atoms. The second-order valence-corrected chi connectivity index (χ2v) is 7.26. The Morgan fingerprint density at radius 1 is 0.812 bits per heavy atom. The van der Waals surface area contributed by atoms with Gasteiger partial charge in [0.15, 0.2) is 0 Å². The summed E-state index contributed by atoms with van der Waals surface area (Å²) in [6, 6.07) is 17.7. The molecule has 3 aromatic carbocycles. The average molecular weight is 432 g/mol. The topological polar surface area (TPSA) is 67.9 Å². The van der Waals surface area contributed by atoms with Crippen LogP contribution < -0.4 is 19.7 Å². The smallest absolute Gasteiger partial charge is 0.282 e. The molecular weight excluding hydrogens is 411 g/mol. The van der Waals surface area contributed by atoms with Crippen LogP contribution in [0, 0.1) is 12.7 Å². The lowest BCUT2D eigenvalue weighted by Gasteiger charge is -2.17. The number of rotatable bonds is 6. The van der Waals surface area contributed by atoms with Crippen LogP contribution in [0.5, 0.6) is 11.5 Å². The van der Waals surface area contributed by atoms with E-state index < -0.39 is 17.6 Å². The van der Waals surface area contributed by atoms with Gasteiger partial charge in [0.1, 0.15) is 23.0 Å². The third kappa shape index (κ3) is 3.92. The molecule has 0 fully saturated rings. The highest BCUT2D eigenvalue weighted by Gasteiger charge is 2.40. The molecule has 0 aliphatic carbocycles. The number of halogens is 1. The van der Waals surface area contributed by atoms with Crippen molar-refractivity contribution in [1.29, 1.82) is 0 Å². The number of amides is 2. The molecule has 0 unspecified atom stereocenters. The molecule has 1 N–H and O–H groups in total. The molecule has 32 heavy (non-hydrogen) atoms. The van der Waals surface area contributed by atoms with Crippen molar-refractivity contribution in [3.63, 3.8) is 0 Å². The summed E-state index contributed by atoms with van der Waals surface area (Å²) in [6.45, 7) is 1.94. The van der Waals surface area contributed by atoms with Crippen molar-refractivity contribution in [2.24, 2.45) is 0 Å². The van der Waals surface area contributed by atoms with Crippen LogP contribution >= 0.6 is 0 Å². The van der Waals surface area contributed by atoms with E-state index in [0.717, 1.165) is 10.5 Å². The van der Waals surface area contributed by atoms with Gasteiger partial charge < -0.3 is 14.8 Å². The van der Waals surface area contributed by atoms with E-state index in [0.29, 0.717) is 28.4 Å². The second-order valence-electron chi connectivity index (χ2n) is 7.26. The fraction of sp³-hybridized carbons (Fsp3) is 0.120. The summed E-state index contributed by atoms with van der Waals surface area (Å²) >= 11 is 0. The maximum atomic E-state index is 13.5. The van der Waals surface area contributed by atoms with Crippen molar-refractivity contribution in [2.45, 2.75) is 6.92 Å². The lowest BCUT2D eigenvalue weighted by Crippen LogP contribution is -2.32. The number of carbonyl (C=O) groups excluding carboxylic acids is 2. The van der Waals surface area contributed by atoms with E-state index in [1.165, 1.54) is 38.5 Å². The minimum Gasteiger partial charge on any atom is -0.497 e. The van der Waals surface area contributed by atoms with Crippen molar-refractivity contribution in [1.82, 2.24) is 0 Å². The number of carbonyl (C=O) groups is 2. The number of imide groups is 1. The van der Waals surface area contributed by atoms with E-state index in [9.17, 15) is 14.0 Å². The van der Waals surface area contributed by atoms with E-state index in [-0.39, 0.29) is 11.3 Å². The standard InChI is InChI=1S/C25H21FN2O4/c1-15-4-6-16(7-5-15)22-23(27-18-10-8-17(26)9-11-18)25(30)28(24(22)29)19-12-20(31-2)14-21(13-19)32-3/h4-14,27H,1-3H3. The van der Waals surface area contributed by atoms with Gasteiger partial charge in [0.2, 0.25) is 0 Å². The predicted octanol–water partition coefficient (Wildman–Crippen LogP) is 4.55. The molecular formula is C25H21FN2O4. The number of methoxy groups -OCH3 is 2. The van der Waals surface area contributed by atoms with Crippen LogP contribution in [-0.2, 0) is 9.59 Å². The molecule has 1 aliphatic heterocycles. The molecule has 2 amide bonds. The van der Waals surface area contributed by atoms with Gasteiger partial charge >= 0.3 is 0 Å². The van der Waals surface area contributed by atoms with Gasteiger partial charge in [0, 0.05) is 23.9 Å². The van der Waals surface area contributed by atoms with Gasteiger partial charge in [-0.15, -0.1) is 0 Å². The van der Waals surface area contributed by atoms with E-state index >= 15 is 0 Å². The lowest BCUT2D eigenvalue weighted by molar-refractivity contribution is -0.120. The summed E-state index contributed by atoms with van der Waals surface area (Å²) in [7, 11) is 2.98. The largest absolute Gasteiger partial charge is 0.497 e. The van der Waals surface area contributed by atoms with Gasteiger partial charge in [0.05, 0.1) is 25.5 Å². The summed E-state index contributed by atoms with van der Waals surface area (Å²) < 4.78 is 23.9. The van der Waals surface area contributed by atoms with Crippen molar-refractivity contribution < 1.29 is 23.5 Å². The average Bonchev–Trinajstić information content (AvgIpc) is 3.04. The number of benzene rings is 3. The summed E-state index contributed by atoms with van der Waals surface area (Å²) in [5.41, 5.74) is 2.74. The first-order valence-corrected chi connectivity index (χ1v) is 9.87. The van der Waals surface area contributed by atoms with Crippen LogP contribution in [-0.4, -0.2) is 26.0 Å². The Kier molecular flexibility index (Phi) is 5.64. The minimum absolute atomic E-state index is 0.104. The fourth-order valence-corrected chi connectivity index (χ4v) is 3.47. The van der Waals surface area contributed by atoms with Gasteiger partial charge in [-0.1, -0.05) is 29.8 Å². The third-order valence-electron chi connectivity index (χ3n) is 5.13. The van der Waals surface area contributed by atoms with Crippen molar-refractivity contribution in [2.75, 3.05) is 24.4 Å². The minimum atomic E-state index is -0.537. The van der Waals surface area contributed by atoms with Crippen molar-refractivity contribution in [3.8, 4) is 11.5 Å². The van der Waals surface area contributed by atoms with Crippen molar-refractivity contribution >= 4 is 28.8 Å². The van der Waals surface area contributed by atoms with Gasteiger partial charge in [-0.3, -0.25) is 9.59 Å². The first kappa shape index (κ1) is 21.1. The SMILES string of the molecule is COc1cc(OC)cc(N2C(=O)C(Nc3ccc(F)cc3)=C(c3ccc(C)cc3)C2=O)c1. The molecule has 4 rings (SSSR count). The number of hydrogen-bond acceptors (Lipinski definition) is 5. The Morgan fingerprint density at radius 2 is 1.41 bits per heavy atom. The lowest BCUT2D eigenvalue weighted by atomic mass is 10.0.